The summed E-state index contributed by atoms with van der Waals surface area (Å²) in [5, 5.41) is 7.38. The fourth-order valence-electron chi connectivity index (χ4n) is 2.31. The smallest absolute Gasteiger partial charge is 0.410 e. The Bertz CT molecular complexity index is 315. The van der Waals surface area contributed by atoms with Gasteiger partial charge >= 0.3 is 6.09 Å². The molecule has 1 unspecified atom stereocenters. The predicted octanol–water partition coefficient (Wildman–Crippen LogP) is 2.43. The molecule has 1 N–H and O–H groups in total. The number of ether oxygens (including phenoxy) is 1. The van der Waals surface area contributed by atoms with Gasteiger partial charge in [0.1, 0.15) is 5.60 Å². The lowest BCUT2D eigenvalue weighted by atomic mass is 10.0. The summed E-state index contributed by atoms with van der Waals surface area (Å²) in [4.78, 5) is 13.7. The molecule has 2 rings (SSSR count). The molecule has 1 amide bonds. The molecule has 0 aromatic rings. The minimum absolute atomic E-state index is 0.0580. The van der Waals surface area contributed by atoms with E-state index in [2.05, 4.69) is 0 Å². The van der Waals surface area contributed by atoms with Crippen LogP contribution in [0.5, 0.6) is 0 Å². The monoisotopic (exact) mass is 224 g/mol. The largest absolute Gasteiger partial charge is 0.444 e. The van der Waals surface area contributed by atoms with Gasteiger partial charge in [0.25, 0.3) is 0 Å². The summed E-state index contributed by atoms with van der Waals surface area (Å²) in [6.45, 7) is 6.37. The van der Waals surface area contributed by atoms with E-state index in [0.717, 1.165) is 13.0 Å². The first-order chi connectivity index (χ1) is 7.35. The van der Waals surface area contributed by atoms with Gasteiger partial charge in [-0.25, -0.2) is 4.79 Å². The van der Waals surface area contributed by atoms with Crippen molar-refractivity contribution in [1.29, 1.82) is 5.41 Å². The molecule has 2 fully saturated rings. The fourth-order valence-corrected chi connectivity index (χ4v) is 2.31. The third-order valence-corrected chi connectivity index (χ3v) is 3.33. The van der Waals surface area contributed by atoms with Crippen LogP contribution in [0.3, 0.4) is 0 Å². The number of hydrogen-bond acceptors (Lipinski definition) is 3. The molecule has 0 aromatic carbocycles. The Morgan fingerprint density at radius 1 is 1.50 bits per heavy atom. The number of nitrogens with one attached hydrogen (secondary N) is 1. The summed E-state index contributed by atoms with van der Waals surface area (Å²) in [6, 6.07) is -0.0580. The maximum Gasteiger partial charge on any atom is 0.410 e. The zero-order chi connectivity index (χ0) is 12.0. The fraction of sp³-hybridized carbons (Fsp3) is 0.833. The van der Waals surface area contributed by atoms with Crippen molar-refractivity contribution in [3.05, 3.63) is 0 Å². The molecule has 1 heterocycles. The van der Waals surface area contributed by atoms with E-state index in [0.29, 0.717) is 5.41 Å². The second-order valence-corrected chi connectivity index (χ2v) is 6.05. The molecule has 0 aromatic heterocycles. The van der Waals surface area contributed by atoms with Crippen LogP contribution in [0.2, 0.25) is 0 Å². The SMILES string of the molecule is CC(C)(C)OC(=O)N1CC2(CC2)CC1C=N. The number of carbonyl (C=O) groups excluding carboxylic acids is 1. The van der Waals surface area contributed by atoms with E-state index in [9.17, 15) is 4.79 Å². The van der Waals surface area contributed by atoms with Gasteiger partial charge < -0.3 is 10.1 Å². The zero-order valence-corrected chi connectivity index (χ0v) is 10.2. The molecule has 16 heavy (non-hydrogen) atoms. The first kappa shape index (κ1) is 11.4. The standard InChI is InChI=1S/C12H20N2O2/c1-11(2,3)16-10(15)14-8-12(4-5-12)6-9(14)7-13/h7,9,13H,4-6,8H2,1-3H3. The molecular formula is C12H20N2O2. The van der Waals surface area contributed by atoms with Crippen molar-refractivity contribution in [3.8, 4) is 0 Å². The lowest BCUT2D eigenvalue weighted by Gasteiger charge is -2.26. The van der Waals surface area contributed by atoms with Crippen molar-refractivity contribution in [1.82, 2.24) is 4.90 Å². The van der Waals surface area contributed by atoms with E-state index in [1.807, 2.05) is 20.8 Å². The lowest BCUT2D eigenvalue weighted by molar-refractivity contribution is 0.0260. The summed E-state index contributed by atoms with van der Waals surface area (Å²) in [5.41, 5.74) is -0.137. The molecule has 2 aliphatic rings. The molecule has 1 aliphatic heterocycles. The van der Waals surface area contributed by atoms with Crippen molar-refractivity contribution in [2.45, 2.75) is 51.7 Å². The van der Waals surface area contributed by atoms with Crippen molar-refractivity contribution in [3.63, 3.8) is 0 Å². The van der Waals surface area contributed by atoms with Gasteiger partial charge in [-0.15, -0.1) is 0 Å². The highest BCUT2D eigenvalue weighted by molar-refractivity contribution is 5.75. The van der Waals surface area contributed by atoms with Crippen LogP contribution < -0.4 is 0 Å². The van der Waals surface area contributed by atoms with Crippen molar-refractivity contribution < 1.29 is 9.53 Å². The zero-order valence-electron chi connectivity index (χ0n) is 10.2. The van der Waals surface area contributed by atoms with Crippen LogP contribution in [0.15, 0.2) is 0 Å². The summed E-state index contributed by atoms with van der Waals surface area (Å²) in [6.07, 6.45) is 4.42. The molecular weight excluding hydrogens is 204 g/mol. The Labute approximate surface area is 96.5 Å². The third kappa shape index (κ3) is 2.20. The van der Waals surface area contributed by atoms with Crippen LogP contribution in [-0.4, -0.2) is 35.4 Å². The maximum atomic E-state index is 11.9. The normalized spacial score (nSPS) is 26.9. The number of likely N-dealkylation sites (tertiary alicyclic amines) is 1. The van der Waals surface area contributed by atoms with E-state index in [4.69, 9.17) is 10.1 Å². The topological polar surface area (TPSA) is 53.4 Å². The summed E-state index contributed by atoms with van der Waals surface area (Å²) in [7, 11) is 0. The highest BCUT2D eigenvalue weighted by atomic mass is 16.6. The van der Waals surface area contributed by atoms with E-state index >= 15 is 0 Å². The first-order valence-corrected chi connectivity index (χ1v) is 5.85. The Morgan fingerprint density at radius 2 is 2.12 bits per heavy atom. The molecule has 0 radical (unpaired) electrons. The molecule has 1 atom stereocenters. The van der Waals surface area contributed by atoms with Gasteiger partial charge in [0.15, 0.2) is 0 Å². The molecule has 4 nitrogen and oxygen atoms in total. The number of rotatable bonds is 1. The van der Waals surface area contributed by atoms with E-state index in [-0.39, 0.29) is 12.1 Å². The third-order valence-electron chi connectivity index (χ3n) is 3.33. The number of carbonyl (C=O) groups is 1. The van der Waals surface area contributed by atoms with Crippen LogP contribution in [0.4, 0.5) is 4.79 Å². The van der Waals surface area contributed by atoms with Crippen LogP contribution in [0.1, 0.15) is 40.0 Å². The van der Waals surface area contributed by atoms with Crippen LogP contribution >= 0.6 is 0 Å². The Balaban J connectivity index is 2.02. The molecule has 1 spiro atoms. The molecule has 0 bridgehead atoms. The Morgan fingerprint density at radius 3 is 2.56 bits per heavy atom. The van der Waals surface area contributed by atoms with Crippen molar-refractivity contribution in [2.75, 3.05) is 6.54 Å². The van der Waals surface area contributed by atoms with E-state index in [1.54, 1.807) is 4.90 Å². The number of hydrogen-bond donors (Lipinski definition) is 1. The average Bonchev–Trinajstić information content (AvgIpc) is 2.75. The van der Waals surface area contributed by atoms with Crippen LogP contribution in [0, 0.1) is 10.8 Å². The summed E-state index contributed by atoms with van der Waals surface area (Å²) >= 11 is 0. The Kier molecular flexibility index (Phi) is 2.48. The van der Waals surface area contributed by atoms with Crippen LogP contribution in [-0.2, 0) is 4.74 Å². The minimum atomic E-state index is -0.455. The first-order valence-electron chi connectivity index (χ1n) is 5.85. The average molecular weight is 224 g/mol. The highest BCUT2D eigenvalue weighted by Crippen LogP contribution is 2.54. The molecule has 1 saturated carbocycles. The van der Waals surface area contributed by atoms with Gasteiger partial charge in [0, 0.05) is 12.8 Å². The van der Waals surface area contributed by atoms with Gasteiger partial charge in [-0.3, -0.25) is 4.90 Å². The van der Waals surface area contributed by atoms with Gasteiger partial charge in [0.2, 0.25) is 0 Å². The quantitative estimate of drug-likeness (QED) is 0.695. The van der Waals surface area contributed by atoms with E-state index < -0.39 is 5.60 Å². The van der Waals surface area contributed by atoms with E-state index in [1.165, 1.54) is 19.1 Å². The van der Waals surface area contributed by atoms with Crippen LogP contribution in [0.25, 0.3) is 0 Å². The lowest BCUT2D eigenvalue weighted by Crippen LogP contribution is -2.40. The second kappa shape index (κ2) is 3.47. The number of nitrogens with zero attached hydrogens (tertiary/aromatic N) is 1. The van der Waals surface area contributed by atoms with Gasteiger partial charge in [-0.1, -0.05) is 0 Å². The predicted molar refractivity (Wildman–Crippen MR) is 61.8 cm³/mol. The van der Waals surface area contributed by atoms with Gasteiger partial charge in [-0.05, 0) is 45.4 Å². The molecule has 1 aliphatic carbocycles. The van der Waals surface area contributed by atoms with Gasteiger partial charge in [0.05, 0.1) is 6.04 Å². The van der Waals surface area contributed by atoms with Gasteiger partial charge in [-0.2, -0.15) is 0 Å². The minimum Gasteiger partial charge on any atom is -0.444 e. The summed E-state index contributed by atoms with van der Waals surface area (Å²) in [5.74, 6) is 0. The van der Waals surface area contributed by atoms with Crippen molar-refractivity contribution in [2.24, 2.45) is 5.41 Å². The Hall–Kier alpha value is -1.06. The number of amides is 1. The highest BCUT2D eigenvalue weighted by Gasteiger charge is 2.53. The maximum absolute atomic E-state index is 11.9. The van der Waals surface area contributed by atoms with Crippen molar-refractivity contribution >= 4 is 12.3 Å². The molecule has 4 heteroatoms. The summed E-state index contributed by atoms with van der Waals surface area (Å²) < 4.78 is 5.36. The molecule has 90 valence electrons. The molecule has 1 saturated heterocycles. The second-order valence-electron chi connectivity index (χ2n) is 6.05.